The van der Waals surface area contributed by atoms with Crippen LogP contribution in [-0.2, 0) is 4.74 Å². The van der Waals surface area contributed by atoms with Gasteiger partial charge in [0.15, 0.2) is 6.23 Å². The third kappa shape index (κ3) is 3.46. The van der Waals surface area contributed by atoms with Crippen LogP contribution in [0.2, 0.25) is 0 Å². The van der Waals surface area contributed by atoms with E-state index in [4.69, 9.17) is 4.74 Å². The van der Waals surface area contributed by atoms with Crippen LogP contribution in [0.3, 0.4) is 0 Å². The number of piperidine rings is 1. The molecule has 1 aromatic carbocycles. The molecule has 0 unspecified atom stereocenters. The van der Waals surface area contributed by atoms with Crippen LogP contribution in [-0.4, -0.2) is 29.1 Å². The molecule has 3 rings (SSSR count). The van der Waals surface area contributed by atoms with Gasteiger partial charge >= 0.3 is 0 Å². The van der Waals surface area contributed by atoms with E-state index in [1.165, 1.54) is 19.3 Å². The number of nitro groups is 1. The van der Waals surface area contributed by atoms with Crippen molar-refractivity contribution in [2.45, 2.75) is 45.8 Å². The molecule has 0 spiro atoms. The Kier molecular flexibility index (Phi) is 5.19. The molecule has 5 nitrogen and oxygen atoms in total. The summed E-state index contributed by atoms with van der Waals surface area (Å²) in [5, 5.41) is 10.8. The van der Waals surface area contributed by atoms with Crippen molar-refractivity contribution in [1.29, 1.82) is 0 Å². The highest BCUT2D eigenvalue weighted by Crippen LogP contribution is 2.37. The molecule has 0 radical (unpaired) electrons. The highest BCUT2D eigenvalue weighted by molar-refractivity contribution is 5.62. The summed E-state index contributed by atoms with van der Waals surface area (Å²) in [6, 6.07) is 6.68. The monoisotopic (exact) mass is 330 g/mol. The van der Waals surface area contributed by atoms with Gasteiger partial charge in [-0.1, -0.05) is 20.3 Å². The van der Waals surface area contributed by atoms with Gasteiger partial charge < -0.3 is 4.74 Å². The molecule has 1 fully saturated rings. The van der Waals surface area contributed by atoms with Crippen LogP contribution in [0.1, 0.15) is 45.1 Å². The summed E-state index contributed by atoms with van der Waals surface area (Å²) < 4.78 is 6.37. The van der Waals surface area contributed by atoms with Gasteiger partial charge in [0.25, 0.3) is 5.69 Å². The Morgan fingerprint density at radius 2 is 1.88 bits per heavy atom. The molecule has 2 heterocycles. The van der Waals surface area contributed by atoms with Crippen molar-refractivity contribution < 1.29 is 9.66 Å². The Hall–Kier alpha value is -1.88. The first-order valence-corrected chi connectivity index (χ1v) is 8.97. The fourth-order valence-electron chi connectivity index (χ4n) is 3.82. The van der Waals surface area contributed by atoms with Crippen molar-refractivity contribution in [3.8, 4) is 0 Å². The Bertz CT molecular complexity index is 606. The first kappa shape index (κ1) is 17.0. The molecular weight excluding hydrogens is 304 g/mol. The molecule has 2 aliphatic heterocycles. The molecule has 0 bridgehead atoms. The molecule has 1 aromatic rings. The summed E-state index contributed by atoms with van der Waals surface area (Å²) in [6.45, 7) is 6.68. The Labute approximate surface area is 143 Å². The third-order valence-corrected chi connectivity index (χ3v) is 5.32. The smallest absolute Gasteiger partial charge is 0.269 e. The SMILES string of the molecule is CC[C@@H]1C=C(c2ccc([N+](=O)[O-])cc2)O[C@@H](N2CCCCC2)[C@H]1C. The normalized spacial score (nSPS) is 28.1. The van der Waals surface area contributed by atoms with Crippen molar-refractivity contribution in [2.24, 2.45) is 11.8 Å². The van der Waals surface area contributed by atoms with E-state index in [0.29, 0.717) is 11.8 Å². The zero-order valence-corrected chi connectivity index (χ0v) is 14.5. The summed E-state index contributed by atoms with van der Waals surface area (Å²) in [5.74, 6) is 1.79. The Morgan fingerprint density at radius 3 is 2.46 bits per heavy atom. The molecule has 130 valence electrons. The number of allylic oxidation sites excluding steroid dienone is 1. The van der Waals surface area contributed by atoms with E-state index in [0.717, 1.165) is 30.8 Å². The standard InChI is InChI=1S/C19H26N2O3/c1-3-15-13-18(16-7-9-17(10-8-16)21(22)23)24-19(14(15)2)20-11-5-4-6-12-20/h7-10,13-15,19H,3-6,11-12H2,1-2H3/t14-,15+,19+/m0/s1. The Morgan fingerprint density at radius 1 is 1.21 bits per heavy atom. The Balaban J connectivity index is 1.84. The molecule has 1 saturated heterocycles. The first-order valence-electron chi connectivity index (χ1n) is 8.97. The van der Waals surface area contributed by atoms with Crippen LogP contribution in [0.4, 0.5) is 5.69 Å². The lowest BCUT2D eigenvalue weighted by molar-refractivity contribution is -0.384. The van der Waals surface area contributed by atoms with Gasteiger partial charge in [0, 0.05) is 36.7 Å². The molecule has 5 heteroatoms. The lowest BCUT2D eigenvalue weighted by Crippen LogP contribution is -2.47. The lowest BCUT2D eigenvalue weighted by atomic mass is 9.85. The van der Waals surface area contributed by atoms with Crippen molar-refractivity contribution in [2.75, 3.05) is 13.1 Å². The van der Waals surface area contributed by atoms with Crippen molar-refractivity contribution >= 4 is 11.4 Å². The van der Waals surface area contributed by atoms with Crippen LogP contribution in [0.5, 0.6) is 0 Å². The number of benzene rings is 1. The molecule has 0 aromatic heterocycles. The number of hydrogen-bond acceptors (Lipinski definition) is 4. The second-order valence-corrected chi connectivity index (χ2v) is 6.87. The number of non-ortho nitro benzene ring substituents is 1. The van der Waals surface area contributed by atoms with Crippen molar-refractivity contribution in [3.05, 3.63) is 46.0 Å². The maximum absolute atomic E-state index is 10.8. The minimum absolute atomic E-state index is 0.102. The molecule has 2 aliphatic rings. The molecule has 0 aliphatic carbocycles. The number of nitro benzene ring substituents is 1. The van der Waals surface area contributed by atoms with Gasteiger partial charge in [0.2, 0.25) is 0 Å². The first-order chi connectivity index (χ1) is 11.6. The highest BCUT2D eigenvalue weighted by Gasteiger charge is 2.35. The molecule has 24 heavy (non-hydrogen) atoms. The van der Waals surface area contributed by atoms with Crippen LogP contribution >= 0.6 is 0 Å². The second-order valence-electron chi connectivity index (χ2n) is 6.87. The second kappa shape index (κ2) is 7.34. The maximum atomic E-state index is 10.8. The van der Waals surface area contributed by atoms with E-state index in [1.54, 1.807) is 24.3 Å². The number of nitrogens with zero attached hydrogens (tertiary/aromatic N) is 2. The van der Waals surface area contributed by atoms with E-state index < -0.39 is 0 Å². The van der Waals surface area contributed by atoms with Crippen LogP contribution in [0.15, 0.2) is 30.3 Å². The fourth-order valence-corrected chi connectivity index (χ4v) is 3.82. The summed E-state index contributed by atoms with van der Waals surface area (Å²) in [4.78, 5) is 12.9. The number of likely N-dealkylation sites (tertiary alicyclic amines) is 1. The zero-order valence-electron chi connectivity index (χ0n) is 14.5. The predicted octanol–water partition coefficient (Wildman–Crippen LogP) is 4.44. The minimum Gasteiger partial charge on any atom is -0.475 e. The molecule has 0 amide bonds. The maximum Gasteiger partial charge on any atom is 0.269 e. The predicted molar refractivity (Wildman–Crippen MR) is 94.3 cm³/mol. The van der Waals surface area contributed by atoms with Gasteiger partial charge in [-0.2, -0.15) is 0 Å². The highest BCUT2D eigenvalue weighted by atomic mass is 16.6. The zero-order chi connectivity index (χ0) is 17.1. The average molecular weight is 330 g/mol. The topological polar surface area (TPSA) is 55.6 Å². The van der Waals surface area contributed by atoms with E-state index >= 15 is 0 Å². The number of rotatable bonds is 4. The molecule has 3 atom stereocenters. The quantitative estimate of drug-likeness (QED) is 0.605. The number of hydrogen-bond donors (Lipinski definition) is 0. The van der Waals surface area contributed by atoms with Gasteiger partial charge in [-0.15, -0.1) is 0 Å². The van der Waals surface area contributed by atoms with Crippen LogP contribution < -0.4 is 0 Å². The minimum atomic E-state index is -0.368. The van der Waals surface area contributed by atoms with Crippen LogP contribution in [0, 0.1) is 22.0 Å². The van der Waals surface area contributed by atoms with E-state index in [-0.39, 0.29) is 16.8 Å². The fraction of sp³-hybridized carbons (Fsp3) is 0.579. The van der Waals surface area contributed by atoms with E-state index in [1.807, 2.05) is 0 Å². The third-order valence-electron chi connectivity index (χ3n) is 5.32. The summed E-state index contributed by atoms with van der Waals surface area (Å²) in [6.07, 6.45) is 7.16. The molecule has 0 saturated carbocycles. The average Bonchev–Trinajstić information content (AvgIpc) is 2.62. The molecule has 0 N–H and O–H groups in total. The largest absolute Gasteiger partial charge is 0.475 e. The van der Waals surface area contributed by atoms with Gasteiger partial charge in [-0.05, 0) is 43.4 Å². The van der Waals surface area contributed by atoms with Gasteiger partial charge in [-0.3, -0.25) is 15.0 Å². The van der Waals surface area contributed by atoms with Crippen LogP contribution in [0.25, 0.3) is 5.76 Å². The van der Waals surface area contributed by atoms with Gasteiger partial charge in [0.05, 0.1) is 4.92 Å². The number of ether oxygens (including phenoxy) is 1. The van der Waals surface area contributed by atoms with Crippen molar-refractivity contribution in [1.82, 2.24) is 4.90 Å². The lowest BCUT2D eigenvalue weighted by Gasteiger charge is -2.43. The van der Waals surface area contributed by atoms with Gasteiger partial charge in [0.1, 0.15) is 5.76 Å². The van der Waals surface area contributed by atoms with Gasteiger partial charge in [-0.25, -0.2) is 0 Å². The van der Waals surface area contributed by atoms with Crippen molar-refractivity contribution in [3.63, 3.8) is 0 Å². The van der Waals surface area contributed by atoms with E-state index in [9.17, 15) is 10.1 Å². The molecular formula is C19H26N2O3. The summed E-state index contributed by atoms with van der Waals surface area (Å²) in [7, 11) is 0. The summed E-state index contributed by atoms with van der Waals surface area (Å²) in [5.41, 5.74) is 1.04. The van der Waals surface area contributed by atoms with E-state index in [2.05, 4.69) is 24.8 Å². The summed E-state index contributed by atoms with van der Waals surface area (Å²) >= 11 is 0.